The van der Waals surface area contributed by atoms with Crippen LogP contribution in [0.15, 0.2) is 24.3 Å². The van der Waals surface area contributed by atoms with Gasteiger partial charge in [0.1, 0.15) is 0 Å². The van der Waals surface area contributed by atoms with Gasteiger partial charge in [-0.2, -0.15) is 0 Å². The summed E-state index contributed by atoms with van der Waals surface area (Å²) in [6.45, 7) is 6.69. The largest absolute Gasteiger partial charge is 0.372 e. The topological polar surface area (TPSA) is 43.9 Å². The van der Waals surface area contributed by atoms with Gasteiger partial charge in [-0.3, -0.25) is 9.59 Å². The van der Waals surface area contributed by atoms with Gasteiger partial charge in [0.25, 0.3) is 0 Å². The van der Waals surface area contributed by atoms with Gasteiger partial charge in [0.2, 0.25) is 11.8 Å². The SMILES string of the molecule is CC1CCN(C(=O)C2CC(=O)N(c3ccc(N4CCCC4)cc3)C2)CC1. The van der Waals surface area contributed by atoms with E-state index in [1.165, 1.54) is 18.5 Å². The molecule has 3 fully saturated rings. The molecule has 3 aliphatic heterocycles. The maximum Gasteiger partial charge on any atom is 0.228 e. The van der Waals surface area contributed by atoms with Gasteiger partial charge >= 0.3 is 0 Å². The van der Waals surface area contributed by atoms with Crippen LogP contribution in [0.25, 0.3) is 0 Å². The number of benzene rings is 1. The summed E-state index contributed by atoms with van der Waals surface area (Å²) in [6.07, 6.45) is 5.01. The van der Waals surface area contributed by atoms with Crippen LogP contribution in [0.4, 0.5) is 11.4 Å². The monoisotopic (exact) mass is 355 g/mol. The highest BCUT2D eigenvalue weighted by atomic mass is 16.2. The lowest BCUT2D eigenvalue weighted by atomic mass is 9.97. The van der Waals surface area contributed by atoms with Crippen molar-refractivity contribution in [2.24, 2.45) is 11.8 Å². The number of carbonyl (C=O) groups is 2. The first kappa shape index (κ1) is 17.4. The highest BCUT2D eigenvalue weighted by molar-refractivity contribution is 6.00. The van der Waals surface area contributed by atoms with Gasteiger partial charge in [0, 0.05) is 50.5 Å². The van der Waals surface area contributed by atoms with Crippen LogP contribution in [0.3, 0.4) is 0 Å². The number of carbonyl (C=O) groups excluding carboxylic acids is 2. The summed E-state index contributed by atoms with van der Waals surface area (Å²) >= 11 is 0. The Morgan fingerprint density at radius 3 is 2.23 bits per heavy atom. The first-order valence-electron chi connectivity index (χ1n) is 10.1. The van der Waals surface area contributed by atoms with E-state index >= 15 is 0 Å². The van der Waals surface area contributed by atoms with Crippen LogP contribution in [-0.2, 0) is 9.59 Å². The van der Waals surface area contributed by atoms with E-state index in [9.17, 15) is 9.59 Å². The predicted molar refractivity (Wildman–Crippen MR) is 103 cm³/mol. The maximum atomic E-state index is 12.8. The molecule has 0 aromatic heterocycles. The summed E-state index contributed by atoms with van der Waals surface area (Å²) in [5, 5.41) is 0. The van der Waals surface area contributed by atoms with Gasteiger partial charge < -0.3 is 14.7 Å². The second-order valence-corrected chi connectivity index (χ2v) is 8.12. The number of hydrogen-bond donors (Lipinski definition) is 0. The van der Waals surface area contributed by atoms with Gasteiger partial charge in [0.15, 0.2) is 0 Å². The number of hydrogen-bond acceptors (Lipinski definition) is 3. The van der Waals surface area contributed by atoms with Crippen LogP contribution in [0.1, 0.15) is 39.0 Å². The average molecular weight is 355 g/mol. The summed E-state index contributed by atoms with van der Waals surface area (Å²) < 4.78 is 0. The molecule has 3 aliphatic rings. The van der Waals surface area contributed by atoms with E-state index in [0.29, 0.717) is 18.9 Å². The Bertz CT molecular complexity index is 658. The second kappa shape index (κ2) is 7.29. The van der Waals surface area contributed by atoms with E-state index < -0.39 is 0 Å². The van der Waals surface area contributed by atoms with E-state index in [2.05, 4.69) is 24.0 Å². The Balaban J connectivity index is 1.40. The smallest absolute Gasteiger partial charge is 0.228 e. The highest BCUT2D eigenvalue weighted by Gasteiger charge is 2.37. The van der Waals surface area contributed by atoms with Crippen LogP contribution in [0.5, 0.6) is 0 Å². The van der Waals surface area contributed by atoms with Crippen LogP contribution < -0.4 is 9.80 Å². The molecule has 0 aliphatic carbocycles. The molecule has 0 bridgehead atoms. The van der Waals surface area contributed by atoms with E-state index in [4.69, 9.17) is 0 Å². The molecule has 4 rings (SSSR count). The van der Waals surface area contributed by atoms with Gasteiger partial charge in [-0.1, -0.05) is 6.92 Å². The summed E-state index contributed by atoms with van der Waals surface area (Å²) in [5.41, 5.74) is 2.15. The van der Waals surface area contributed by atoms with Crippen molar-refractivity contribution in [1.82, 2.24) is 4.90 Å². The quantitative estimate of drug-likeness (QED) is 0.837. The third-order valence-electron chi connectivity index (χ3n) is 6.20. The first-order chi connectivity index (χ1) is 12.6. The van der Waals surface area contributed by atoms with E-state index in [1.54, 1.807) is 4.90 Å². The van der Waals surface area contributed by atoms with Crippen LogP contribution >= 0.6 is 0 Å². The van der Waals surface area contributed by atoms with Crippen LogP contribution in [0.2, 0.25) is 0 Å². The Labute approximate surface area is 155 Å². The van der Waals surface area contributed by atoms with Gasteiger partial charge in [0.05, 0.1) is 5.92 Å². The molecule has 3 saturated heterocycles. The molecule has 0 saturated carbocycles. The van der Waals surface area contributed by atoms with Crippen molar-refractivity contribution < 1.29 is 9.59 Å². The molecule has 1 atom stereocenters. The molecule has 3 heterocycles. The lowest BCUT2D eigenvalue weighted by Crippen LogP contribution is -2.42. The third kappa shape index (κ3) is 3.44. The fraction of sp³-hybridized carbons (Fsp3) is 0.619. The van der Waals surface area contributed by atoms with Crippen LogP contribution in [0, 0.1) is 11.8 Å². The van der Waals surface area contributed by atoms with Crippen LogP contribution in [-0.4, -0.2) is 49.4 Å². The molecule has 140 valence electrons. The lowest BCUT2D eigenvalue weighted by molar-refractivity contribution is -0.137. The molecule has 5 nitrogen and oxygen atoms in total. The average Bonchev–Trinajstić information content (AvgIpc) is 3.32. The van der Waals surface area contributed by atoms with Crippen molar-refractivity contribution in [3.63, 3.8) is 0 Å². The Morgan fingerprint density at radius 2 is 1.58 bits per heavy atom. The van der Waals surface area contributed by atoms with Gasteiger partial charge in [-0.25, -0.2) is 0 Å². The highest BCUT2D eigenvalue weighted by Crippen LogP contribution is 2.30. The van der Waals surface area contributed by atoms with E-state index in [1.807, 2.05) is 17.0 Å². The number of likely N-dealkylation sites (tertiary alicyclic amines) is 1. The van der Waals surface area contributed by atoms with Gasteiger partial charge in [-0.15, -0.1) is 0 Å². The van der Waals surface area contributed by atoms with Crippen molar-refractivity contribution in [2.45, 2.75) is 39.0 Å². The fourth-order valence-electron chi connectivity index (χ4n) is 4.43. The number of rotatable bonds is 3. The molecule has 2 amide bonds. The third-order valence-corrected chi connectivity index (χ3v) is 6.20. The molecule has 1 aromatic rings. The van der Waals surface area contributed by atoms with Crippen molar-refractivity contribution >= 4 is 23.2 Å². The number of nitrogens with zero attached hydrogens (tertiary/aromatic N) is 3. The molecule has 1 aromatic carbocycles. The minimum absolute atomic E-state index is 0.0719. The molecule has 0 spiro atoms. The molecule has 0 N–H and O–H groups in total. The lowest BCUT2D eigenvalue weighted by Gasteiger charge is -2.32. The Morgan fingerprint density at radius 1 is 0.962 bits per heavy atom. The van der Waals surface area contributed by atoms with Crippen molar-refractivity contribution in [3.8, 4) is 0 Å². The molecule has 26 heavy (non-hydrogen) atoms. The maximum absolute atomic E-state index is 12.8. The first-order valence-corrected chi connectivity index (χ1v) is 10.1. The number of piperidine rings is 1. The predicted octanol–water partition coefficient (Wildman–Crippen LogP) is 2.90. The molecular formula is C21H29N3O2. The summed E-state index contributed by atoms with van der Waals surface area (Å²) in [4.78, 5) is 31.5. The summed E-state index contributed by atoms with van der Waals surface area (Å²) in [6, 6.07) is 8.27. The molecule has 1 unspecified atom stereocenters. The van der Waals surface area contributed by atoms with Gasteiger partial charge in [-0.05, 0) is 55.9 Å². The zero-order chi connectivity index (χ0) is 18.1. The summed E-state index contributed by atoms with van der Waals surface area (Å²) in [7, 11) is 0. The standard InChI is InChI=1S/C21H29N3O2/c1-16-8-12-23(13-9-16)21(26)17-14-20(25)24(15-17)19-6-4-18(5-7-19)22-10-2-3-11-22/h4-7,16-17H,2-3,8-15H2,1H3. The molecule has 0 radical (unpaired) electrons. The van der Waals surface area contributed by atoms with Crippen molar-refractivity contribution in [1.29, 1.82) is 0 Å². The zero-order valence-corrected chi connectivity index (χ0v) is 15.7. The zero-order valence-electron chi connectivity index (χ0n) is 15.7. The normalized spacial score (nSPS) is 24.6. The van der Waals surface area contributed by atoms with Crippen molar-refractivity contribution in [3.05, 3.63) is 24.3 Å². The van der Waals surface area contributed by atoms with E-state index in [-0.39, 0.29) is 17.7 Å². The second-order valence-electron chi connectivity index (χ2n) is 8.12. The molecule has 5 heteroatoms. The molecular weight excluding hydrogens is 326 g/mol. The number of amides is 2. The Kier molecular flexibility index (Phi) is 4.88. The summed E-state index contributed by atoms with van der Waals surface area (Å²) in [5.74, 6) is 0.758. The minimum Gasteiger partial charge on any atom is -0.372 e. The fourth-order valence-corrected chi connectivity index (χ4v) is 4.43. The minimum atomic E-state index is -0.186. The number of anilines is 2. The van der Waals surface area contributed by atoms with Crippen molar-refractivity contribution in [2.75, 3.05) is 42.5 Å². The van der Waals surface area contributed by atoms with E-state index in [0.717, 1.165) is 44.7 Å². The Hall–Kier alpha value is -2.04.